The summed E-state index contributed by atoms with van der Waals surface area (Å²) >= 11 is 3.45. The first-order valence-electron chi connectivity index (χ1n) is 5.96. The van der Waals surface area contributed by atoms with Crippen molar-refractivity contribution in [3.8, 4) is 11.3 Å². The molecule has 96 valence electrons. The monoisotopic (exact) mass is 309 g/mol. The van der Waals surface area contributed by atoms with Crippen molar-refractivity contribution in [2.45, 2.75) is 13.0 Å². The molecule has 0 atom stereocenters. The van der Waals surface area contributed by atoms with Crippen LogP contribution in [0.2, 0.25) is 0 Å². The lowest BCUT2D eigenvalue weighted by Gasteiger charge is -2.01. The Labute approximate surface area is 115 Å². The number of nitrogens with one attached hydrogen (secondary N) is 1. The maximum Gasteiger partial charge on any atom is 0.134 e. The molecule has 0 fully saturated rings. The summed E-state index contributed by atoms with van der Waals surface area (Å²) in [6.07, 6.45) is 0.763. The number of hydrogen-bond donors (Lipinski definition) is 2. The molecule has 0 radical (unpaired) electrons. The average Bonchev–Trinajstić information content (AvgIpc) is 2.83. The number of hydrogen-bond acceptors (Lipinski definition) is 3. The van der Waals surface area contributed by atoms with E-state index in [1.54, 1.807) is 0 Å². The highest BCUT2D eigenvalue weighted by Gasteiger charge is 2.04. The van der Waals surface area contributed by atoms with Crippen molar-refractivity contribution in [3.05, 3.63) is 46.6 Å². The largest absolute Gasteiger partial charge is 0.460 e. The fourth-order valence-corrected chi connectivity index (χ4v) is 2.08. The van der Waals surface area contributed by atoms with Gasteiger partial charge in [-0.15, -0.1) is 0 Å². The molecular weight excluding hydrogens is 294 g/mol. The fourth-order valence-electron chi connectivity index (χ4n) is 1.69. The van der Waals surface area contributed by atoms with Crippen LogP contribution in [0.4, 0.5) is 0 Å². The Kier molecular flexibility index (Phi) is 4.99. The van der Waals surface area contributed by atoms with Crippen molar-refractivity contribution in [2.75, 3.05) is 13.2 Å². The van der Waals surface area contributed by atoms with Gasteiger partial charge in [0.25, 0.3) is 0 Å². The van der Waals surface area contributed by atoms with E-state index in [-0.39, 0.29) is 6.61 Å². The molecule has 0 aliphatic rings. The summed E-state index contributed by atoms with van der Waals surface area (Å²) in [7, 11) is 0. The summed E-state index contributed by atoms with van der Waals surface area (Å²) in [6.45, 7) is 1.70. The number of aliphatic hydroxyl groups is 1. The van der Waals surface area contributed by atoms with Crippen LogP contribution in [0.15, 0.2) is 45.3 Å². The van der Waals surface area contributed by atoms with Crippen molar-refractivity contribution >= 4 is 15.9 Å². The Bertz CT molecular complexity index is 496. The molecule has 1 aromatic carbocycles. The molecule has 2 N–H and O–H groups in total. The topological polar surface area (TPSA) is 45.4 Å². The Morgan fingerprint density at radius 2 is 2.11 bits per heavy atom. The summed E-state index contributed by atoms with van der Waals surface area (Å²) in [5, 5.41) is 11.9. The molecule has 3 nitrogen and oxygen atoms in total. The van der Waals surface area contributed by atoms with E-state index < -0.39 is 0 Å². The van der Waals surface area contributed by atoms with E-state index in [1.165, 1.54) is 0 Å². The molecule has 0 saturated heterocycles. The third kappa shape index (κ3) is 3.70. The van der Waals surface area contributed by atoms with Crippen LogP contribution in [0.25, 0.3) is 11.3 Å². The van der Waals surface area contributed by atoms with Gasteiger partial charge in [0.05, 0.1) is 6.54 Å². The zero-order valence-electron chi connectivity index (χ0n) is 10.0. The van der Waals surface area contributed by atoms with Crippen molar-refractivity contribution in [2.24, 2.45) is 0 Å². The Balaban J connectivity index is 1.97. The van der Waals surface area contributed by atoms with Gasteiger partial charge in [0.2, 0.25) is 0 Å². The Hall–Kier alpha value is -1.10. The van der Waals surface area contributed by atoms with Crippen LogP contribution in [0.5, 0.6) is 0 Å². The first-order chi connectivity index (χ1) is 8.79. The number of rotatable bonds is 6. The van der Waals surface area contributed by atoms with E-state index in [2.05, 4.69) is 21.2 Å². The molecule has 4 heteroatoms. The lowest BCUT2D eigenvalue weighted by atomic mass is 10.2. The lowest BCUT2D eigenvalue weighted by Crippen LogP contribution is -2.15. The molecule has 0 spiro atoms. The Morgan fingerprint density at radius 1 is 1.22 bits per heavy atom. The minimum atomic E-state index is 0.217. The molecule has 2 aromatic rings. The summed E-state index contributed by atoms with van der Waals surface area (Å²) in [5.74, 6) is 1.78. The third-order valence-electron chi connectivity index (χ3n) is 2.58. The SMILES string of the molecule is OCCCNCc1ccc(-c2cccc(Br)c2)o1. The molecule has 0 aliphatic heterocycles. The normalized spacial score (nSPS) is 10.8. The van der Waals surface area contributed by atoms with Crippen LogP contribution >= 0.6 is 15.9 Å². The lowest BCUT2D eigenvalue weighted by molar-refractivity contribution is 0.285. The summed E-state index contributed by atoms with van der Waals surface area (Å²) < 4.78 is 6.80. The van der Waals surface area contributed by atoms with Gasteiger partial charge in [-0.3, -0.25) is 0 Å². The zero-order chi connectivity index (χ0) is 12.8. The van der Waals surface area contributed by atoms with E-state index in [9.17, 15) is 0 Å². The van der Waals surface area contributed by atoms with Crippen LogP contribution in [-0.2, 0) is 6.54 Å². The quantitative estimate of drug-likeness (QED) is 0.806. The highest BCUT2D eigenvalue weighted by atomic mass is 79.9. The predicted molar refractivity (Wildman–Crippen MR) is 75.3 cm³/mol. The van der Waals surface area contributed by atoms with Crippen LogP contribution < -0.4 is 5.32 Å². The second-order valence-corrected chi connectivity index (χ2v) is 4.95. The molecule has 0 unspecified atom stereocenters. The van der Waals surface area contributed by atoms with Crippen LogP contribution in [0.1, 0.15) is 12.2 Å². The Morgan fingerprint density at radius 3 is 2.89 bits per heavy atom. The minimum Gasteiger partial charge on any atom is -0.460 e. The van der Waals surface area contributed by atoms with Gasteiger partial charge >= 0.3 is 0 Å². The van der Waals surface area contributed by atoms with E-state index in [0.717, 1.165) is 34.5 Å². The van der Waals surface area contributed by atoms with Gasteiger partial charge in [0.15, 0.2) is 0 Å². The van der Waals surface area contributed by atoms with Crippen LogP contribution in [0.3, 0.4) is 0 Å². The number of aliphatic hydroxyl groups excluding tert-OH is 1. The fraction of sp³-hybridized carbons (Fsp3) is 0.286. The van der Waals surface area contributed by atoms with Crippen LogP contribution in [0, 0.1) is 0 Å². The average molecular weight is 310 g/mol. The van der Waals surface area contributed by atoms with Gasteiger partial charge in [-0.05, 0) is 37.2 Å². The first kappa shape index (κ1) is 13.3. The van der Waals surface area contributed by atoms with Gasteiger partial charge in [-0.2, -0.15) is 0 Å². The number of halogens is 1. The minimum absolute atomic E-state index is 0.217. The number of furan rings is 1. The van der Waals surface area contributed by atoms with E-state index in [1.807, 2.05) is 36.4 Å². The van der Waals surface area contributed by atoms with Crippen molar-refractivity contribution in [1.82, 2.24) is 5.32 Å². The molecule has 0 amide bonds. The maximum atomic E-state index is 8.67. The number of benzene rings is 1. The third-order valence-corrected chi connectivity index (χ3v) is 3.07. The summed E-state index contributed by atoms with van der Waals surface area (Å²) in [5.41, 5.74) is 1.06. The zero-order valence-corrected chi connectivity index (χ0v) is 11.6. The van der Waals surface area contributed by atoms with Gasteiger partial charge in [-0.1, -0.05) is 28.1 Å². The summed E-state index contributed by atoms with van der Waals surface area (Å²) in [4.78, 5) is 0. The highest BCUT2D eigenvalue weighted by molar-refractivity contribution is 9.10. The molecule has 1 heterocycles. The van der Waals surface area contributed by atoms with Crippen molar-refractivity contribution < 1.29 is 9.52 Å². The van der Waals surface area contributed by atoms with Gasteiger partial charge < -0.3 is 14.8 Å². The van der Waals surface area contributed by atoms with Gasteiger partial charge in [-0.25, -0.2) is 0 Å². The van der Waals surface area contributed by atoms with E-state index >= 15 is 0 Å². The van der Waals surface area contributed by atoms with Crippen LogP contribution in [-0.4, -0.2) is 18.3 Å². The summed E-state index contributed by atoms with van der Waals surface area (Å²) in [6, 6.07) is 12.0. The second kappa shape index (κ2) is 6.73. The van der Waals surface area contributed by atoms with Crippen molar-refractivity contribution in [3.63, 3.8) is 0 Å². The van der Waals surface area contributed by atoms with E-state index in [4.69, 9.17) is 9.52 Å². The smallest absolute Gasteiger partial charge is 0.134 e. The molecule has 2 rings (SSSR count). The molecular formula is C14H16BrNO2. The van der Waals surface area contributed by atoms with Gasteiger partial charge in [0, 0.05) is 16.6 Å². The first-order valence-corrected chi connectivity index (χ1v) is 6.75. The van der Waals surface area contributed by atoms with Gasteiger partial charge in [0.1, 0.15) is 11.5 Å². The predicted octanol–water partition coefficient (Wildman–Crippen LogP) is 3.18. The molecule has 1 aromatic heterocycles. The highest BCUT2D eigenvalue weighted by Crippen LogP contribution is 2.24. The maximum absolute atomic E-state index is 8.67. The van der Waals surface area contributed by atoms with E-state index in [0.29, 0.717) is 6.54 Å². The standard InChI is InChI=1S/C14H16BrNO2/c15-12-4-1-3-11(9-12)14-6-5-13(18-14)10-16-7-2-8-17/h1,3-6,9,16-17H,2,7-8,10H2. The molecule has 0 saturated carbocycles. The van der Waals surface area contributed by atoms with Crippen molar-refractivity contribution in [1.29, 1.82) is 0 Å². The molecule has 0 aliphatic carbocycles. The molecule has 0 bridgehead atoms. The molecule has 18 heavy (non-hydrogen) atoms. The second-order valence-electron chi connectivity index (χ2n) is 4.03.